The number of anilines is 1. The number of ether oxygens (including phenoxy) is 1. The molecule has 3 nitrogen and oxygen atoms in total. The van der Waals surface area contributed by atoms with E-state index >= 15 is 0 Å². The van der Waals surface area contributed by atoms with Gasteiger partial charge in [0.05, 0.1) is 16.7 Å². The first kappa shape index (κ1) is 28.0. The van der Waals surface area contributed by atoms with E-state index in [9.17, 15) is 0 Å². The highest BCUT2D eigenvalue weighted by Gasteiger charge is 2.17. The van der Waals surface area contributed by atoms with Gasteiger partial charge in [-0.25, -0.2) is 0 Å². The second-order valence-corrected chi connectivity index (χ2v) is 13.8. The Kier molecular flexibility index (Phi) is 6.27. The van der Waals surface area contributed by atoms with E-state index in [2.05, 4.69) is 156 Å². The Morgan fingerprint density at radius 3 is 2.10 bits per heavy atom. The van der Waals surface area contributed by atoms with Crippen molar-refractivity contribution in [2.75, 3.05) is 5.73 Å². The Morgan fingerprint density at radius 1 is 0.531 bits per heavy atom. The Hall–Kier alpha value is -6.10. The smallest absolute Gasteiger partial charge is 0.151 e. The van der Waals surface area contributed by atoms with Gasteiger partial charge in [0.1, 0.15) is 6.61 Å². The van der Waals surface area contributed by atoms with Crippen molar-refractivity contribution in [1.82, 2.24) is 4.57 Å². The summed E-state index contributed by atoms with van der Waals surface area (Å²) < 4.78 is 11.4. The number of nitrogens with zero attached hydrogens (tertiary/aromatic N) is 1. The van der Waals surface area contributed by atoms with Gasteiger partial charge < -0.3 is 15.0 Å². The number of hydrogen-bond donors (Lipinski definition) is 1. The van der Waals surface area contributed by atoms with Crippen molar-refractivity contribution in [3.63, 3.8) is 0 Å². The summed E-state index contributed by atoms with van der Waals surface area (Å²) in [6.45, 7) is 0.418. The molecule has 2 N–H and O–H groups in total. The zero-order chi connectivity index (χ0) is 32.5. The maximum absolute atomic E-state index is 6.63. The Balaban J connectivity index is 1.02. The Labute approximate surface area is 287 Å². The third kappa shape index (κ3) is 4.49. The molecule has 0 spiro atoms. The molecule has 10 aromatic rings. The molecule has 2 heterocycles. The first-order valence-corrected chi connectivity index (χ1v) is 17.4. The molecule has 232 valence electrons. The molecule has 0 aliphatic carbocycles. The lowest BCUT2D eigenvalue weighted by molar-refractivity contribution is 0.312. The van der Waals surface area contributed by atoms with Crippen molar-refractivity contribution in [3.05, 3.63) is 163 Å². The van der Waals surface area contributed by atoms with Crippen LogP contribution in [0.4, 0.5) is 5.69 Å². The maximum Gasteiger partial charge on any atom is 0.151 e. The normalized spacial score (nSPS) is 11.8. The summed E-state index contributed by atoms with van der Waals surface area (Å²) in [5.41, 5.74) is 14.3. The van der Waals surface area contributed by atoms with Gasteiger partial charge in [-0.1, -0.05) is 109 Å². The summed E-state index contributed by atoms with van der Waals surface area (Å²) in [4.78, 5) is 0. The summed E-state index contributed by atoms with van der Waals surface area (Å²) in [6, 6.07) is 56.5. The van der Waals surface area contributed by atoms with Crippen LogP contribution in [0.3, 0.4) is 0 Å². The largest absolute Gasteiger partial charge is 0.486 e. The van der Waals surface area contributed by atoms with Crippen LogP contribution in [0.1, 0.15) is 5.56 Å². The molecule has 0 amide bonds. The van der Waals surface area contributed by atoms with Crippen LogP contribution in [0.15, 0.2) is 158 Å². The quantitative estimate of drug-likeness (QED) is 0.189. The lowest BCUT2D eigenvalue weighted by atomic mass is 9.99. The van der Waals surface area contributed by atoms with E-state index in [0.717, 1.165) is 22.4 Å². The van der Waals surface area contributed by atoms with Crippen LogP contribution in [0.25, 0.3) is 80.3 Å². The van der Waals surface area contributed by atoms with Crippen LogP contribution >= 0.6 is 11.3 Å². The molecule has 0 aliphatic heterocycles. The van der Waals surface area contributed by atoms with Crippen molar-refractivity contribution in [3.8, 4) is 22.6 Å². The monoisotopic (exact) mass is 646 g/mol. The molecule has 0 radical (unpaired) electrons. The third-order valence-corrected chi connectivity index (χ3v) is 11.0. The molecule has 8 aromatic carbocycles. The van der Waals surface area contributed by atoms with Gasteiger partial charge in [-0.15, -0.1) is 11.3 Å². The Bertz CT molecular complexity index is 2900. The van der Waals surface area contributed by atoms with Crippen LogP contribution in [0.2, 0.25) is 0 Å². The molecular weight excluding hydrogens is 617 g/mol. The average Bonchev–Trinajstić information content (AvgIpc) is 3.70. The zero-order valence-electron chi connectivity index (χ0n) is 26.6. The number of aromatic nitrogens is 1. The maximum atomic E-state index is 6.63. The van der Waals surface area contributed by atoms with Crippen molar-refractivity contribution < 1.29 is 4.74 Å². The van der Waals surface area contributed by atoms with Gasteiger partial charge in [0.2, 0.25) is 0 Å². The van der Waals surface area contributed by atoms with E-state index in [1.807, 2.05) is 6.07 Å². The SMILES string of the molecule is Nc1ccc2sc3ccc(-c4ccc5ccccc5c4)cc3c2c1OCc1ccc(-n2c3ccccc3c3ccc4ccccc4c32)cc1. The fourth-order valence-corrected chi connectivity index (χ4v) is 8.54. The number of hydrogen-bond acceptors (Lipinski definition) is 3. The number of para-hydroxylation sites is 1. The third-order valence-electron chi connectivity index (χ3n) is 9.84. The molecule has 4 heteroatoms. The molecule has 10 rings (SSSR count). The summed E-state index contributed by atoms with van der Waals surface area (Å²) in [5, 5.41) is 9.73. The minimum atomic E-state index is 0.418. The average molecular weight is 647 g/mol. The van der Waals surface area contributed by atoms with E-state index in [1.54, 1.807) is 11.3 Å². The van der Waals surface area contributed by atoms with E-state index in [-0.39, 0.29) is 0 Å². The van der Waals surface area contributed by atoms with Crippen molar-refractivity contribution >= 4 is 80.5 Å². The second-order valence-electron chi connectivity index (χ2n) is 12.7. The van der Waals surface area contributed by atoms with Gasteiger partial charge in [-0.3, -0.25) is 0 Å². The molecule has 0 bridgehead atoms. The standard InChI is InChI=1S/C45H30N2OS/c46-39-22-24-42-43(38-26-33(18-23-41(38)49-42)32-16-15-29-7-1-2-9-31(29)25-32)45(39)48-27-28-13-19-34(20-14-28)47-40-12-6-5-11-36(40)37-21-17-30-8-3-4-10-35(30)44(37)47/h1-26H,27,46H2. The molecular formula is C45H30N2OS. The highest BCUT2D eigenvalue weighted by Crippen LogP contribution is 2.44. The van der Waals surface area contributed by atoms with Gasteiger partial charge >= 0.3 is 0 Å². The zero-order valence-corrected chi connectivity index (χ0v) is 27.4. The van der Waals surface area contributed by atoms with Crippen molar-refractivity contribution in [2.45, 2.75) is 6.61 Å². The van der Waals surface area contributed by atoms with E-state index in [0.29, 0.717) is 12.3 Å². The molecule has 0 fully saturated rings. The second kappa shape index (κ2) is 11.0. The highest BCUT2D eigenvalue weighted by molar-refractivity contribution is 7.25. The van der Waals surface area contributed by atoms with Crippen LogP contribution in [0, 0.1) is 0 Å². The van der Waals surface area contributed by atoms with Gasteiger partial charge in [0.25, 0.3) is 0 Å². The van der Waals surface area contributed by atoms with E-state index in [1.165, 1.54) is 69.3 Å². The molecule has 0 unspecified atom stereocenters. The number of nitrogen functional groups attached to an aromatic ring is 1. The molecule has 0 atom stereocenters. The number of rotatable bonds is 5. The topological polar surface area (TPSA) is 40.2 Å². The first-order valence-electron chi connectivity index (χ1n) is 16.6. The molecule has 0 saturated carbocycles. The fourth-order valence-electron chi connectivity index (χ4n) is 7.45. The Morgan fingerprint density at radius 2 is 1.22 bits per heavy atom. The summed E-state index contributed by atoms with van der Waals surface area (Å²) >= 11 is 1.78. The van der Waals surface area contributed by atoms with Crippen molar-refractivity contribution in [1.29, 1.82) is 0 Å². The van der Waals surface area contributed by atoms with Gasteiger partial charge in [-0.2, -0.15) is 0 Å². The minimum Gasteiger partial charge on any atom is -0.486 e. The summed E-state index contributed by atoms with van der Waals surface area (Å²) in [5.74, 6) is 0.748. The number of nitrogens with two attached hydrogens (primary N) is 1. The summed E-state index contributed by atoms with van der Waals surface area (Å²) in [7, 11) is 0. The lowest BCUT2D eigenvalue weighted by Crippen LogP contribution is -2.00. The van der Waals surface area contributed by atoms with Crippen LogP contribution in [0.5, 0.6) is 5.75 Å². The van der Waals surface area contributed by atoms with Crippen LogP contribution < -0.4 is 10.5 Å². The first-order chi connectivity index (χ1) is 24.2. The number of benzene rings is 8. The molecule has 49 heavy (non-hydrogen) atoms. The van der Waals surface area contributed by atoms with E-state index in [4.69, 9.17) is 10.5 Å². The highest BCUT2D eigenvalue weighted by atomic mass is 32.1. The molecule has 0 aliphatic rings. The number of fused-ring (bicyclic) bond motifs is 9. The van der Waals surface area contributed by atoms with Crippen LogP contribution in [-0.4, -0.2) is 4.57 Å². The molecule has 2 aromatic heterocycles. The number of thiophene rings is 1. The molecule has 0 saturated heterocycles. The minimum absolute atomic E-state index is 0.418. The van der Waals surface area contributed by atoms with Crippen molar-refractivity contribution in [2.24, 2.45) is 0 Å². The fraction of sp³-hybridized carbons (Fsp3) is 0.0222. The van der Waals surface area contributed by atoms with Gasteiger partial charge in [0, 0.05) is 42.0 Å². The predicted octanol–water partition coefficient (Wildman–Crippen LogP) is 12.3. The summed E-state index contributed by atoms with van der Waals surface area (Å²) in [6.07, 6.45) is 0. The lowest BCUT2D eigenvalue weighted by Gasteiger charge is -2.13. The van der Waals surface area contributed by atoms with Gasteiger partial charge in [-0.05, 0) is 81.4 Å². The van der Waals surface area contributed by atoms with E-state index < -0.39 is 0 Å². The van der Waals surface area contributed by atoms with Crippen LogP contribution in [-0.2, 0) is 6.61 Å². The van der Waals surface area contributed by atoms with Gasteiger partial charge in [0.15, 0.2) is 5.75 Å². The predicted molar refractivity (Wildman–Crippen MR) is 209 cm³/mol.